The van der Waals surface area contributed by atoms with Crippen molar-refractivity contribution in [2.24, 2.45) is 5.92 Å². The van der Waals surface area contributed by atoms with Crippen LogP contribution in [0.25, 0.3) is 0 Å². The van der Waals surface area contributed by atoms with E-state index in [1.807, 2.05) is 6.20 Å². The summed E-state index contributed by atoms with van der Waals surface area (Å²) in [5.41, 5.74) is 1.75. The summed E-state index contributed by atoms with van der Waals surface area (Å²) >= 11 is 0. The van der Waals surface area contributed by atoms with Crippen LogP contribution in [0.2, 0.25) is 0 Å². The van der Waals surface area contributed by atoms with E-state index in [0.717, 1.165) is 32.2 Å². The van der Waals surface area contributed by atoms with Crippen LogP contribution < -0.4 is 5.32 Å². The summed E-state index contributed by atoms with van der Waals surface area (Å²) in [5.74, 6) is 0.775. The summed E-state index contributed by atoms with van der Waals surface area (Å²) in [4.78, 5) is 3.13. The van der Waals surface area contributed by atoms with Gasteiger partial charge in [-0.25, -0.2) is 0 Å². The minimum Gasteiger partial charge on any atom is -0.379 e. The van der Waals surface area contributed by atoms with Gasteiger partial charge in [0, 0.05) is 30.9 Å². The zero-order valence-corrected chi connectivity index (χ0v) is 7.55. The molecule has 2 aliphatic rings. The lowest BCUT2D eigenvalue weighted by Gasteiger charge is -2.51. The minimum atomic E-state index is 0.325. The van der Waals surface area contributed by atoms with Gasteiger partial charge in [0.25, 0.3) is 0 Å². The van der Waals surface area contributed by atoms with E-state index in [1.54, 1.807) is 0 Å². The predicted octanol–water partition coefficient (Wildman–Crippen LogP) is 0.502. The number of aromatic nitrogens is 1. The van der Waals surface area contributed by atoms with Crippen LogP contribution in [0, 0.1) is 5.92 Å². The van der Waals surface area contributed by atoms with E-state index in [4.69, 9.17) is 4.74 Å². The highest BCUT2D eigenvalue weighted by Crippen LogP contribution is 2.40. The van der Waals surface area contributed by atoms with Gasteiger partial charge in [0.2, 0.25) is 0 Å². The summed E-state index contributed by atoms with van der Waals surface area (Å²) in [6.45, 7) is 4.09. The molecule has 0 amide bonds. The Balaban J connectivity index is 1.91. The van der Waals surface area contributed by atoms with Crippen molar-refractivity contribution in [1.29, 1.82) is 0 Å². The van der Waals surface area contributed by atoms with Gasteiger partial charge < -0.3 is 15.0 Å². The molecule has 0 bridgehead atoms. The average molecular weight is 178 g/mol. The third-order valence-corrected chi connectivity index (χ3v) is 3.46. The molecule has 0 atom stereocenters. The first-order chi connectivity index (χ1) is 6.42. The standard InChI is InChI=1S/C10H14N2O/c1-2-11-3-8(1)10(6-13-7-10)9-4-12-5-9/h1-3,9,11-12H,4-7H2. The van der Waals surface area contributed by atoms with Gasteiger partial charge in [-0.2, -0.15) is 0 Å². The van der Waals surface area contributed by atoms with Crippen molar-refractivity contribution >= 4 is 0 Å². The Kier molecular flexibility index (Phi) is 1.51. The molecule has 3 rings (SSSR count). The smallest absolute Gasteiger partial charge is 0.0589 e. The maximum absolute atomic E-state index is 5.38. The zero-order valence-electron chi connectivity index (χ0n) is 7.55. The molecule has 2 N–H and O–H groups in total. The molecule has 1 aromatic rings. The average Bonchev–Trinajstić information content (AvgIpc) is 2.43. The van der Waals surface area contributed by atoms with Gasteiger partial charge in [-0.1, -0.05) is 0 Å². The summed E-state index contributed by atoms with van der Waals surface area (Å²) in [5, 5.41) is 3.33. The van der Waals surface area contributed by atoms with E-state index < -0.39 is 0 Å². The molecule has 0 spiro atoms. The second kappa shape index (κ2) is 2.59. The number of rotatable bonds is 2. The fourth-order valence-corrected chi connectivity index (χ4v) is 2.27. The highest BCUT2D eigenvalue weighted by atomic mass is 16.5. The van der Waals surface area contributed by atoms with Gasteiger partial charge in [0.05, 0.1) is 13.2 Å². The quantitative estimate of drug-likeness (QED) is 0.692. The molecule has 70 valence electrons. The van der Waals surface area contributed by atoms with E-state index in [-0.39, 0.29) is 0 Å². The number of nitrogens with one attached hydrogen (secondary N) is 2. The summed E-state index contributed by atoms with van der Waals surface area (Å²) < 4.78 is 5.38. The first kappa shape index (κ1) is 7.59. The van der Waals surface area contributed by atoms with Crippen LogP contribution in [0.4, 0.5) is 0 Å². The largest absolute Gasteiger partial charge is 0.379 e. The molecule has 2 fully saturated rings. The molecule has 0 radical (unpaired) electrons. The van der Waals surface area contributed by atoms with Gasteiger partial charge >= 0.3 is 0 Å². The molecule has 1 aromatic heterocycles. The third kappa shape index (κ3) is 0.914. The highest BCUT2D eigenvalue weighted by molar-refractivity contribution is 5.28. The molecule has 0 aliphatic carbocycles. The molecular formula is C10H14N2O. The Labute approximate surface area is 77.5 Å². The van der Waals surface area contributed by atoms with Crippen LogP contribution in [0.15, 0.2) is 18.5 Å². The van der Waals surface area contributed by atoms with Crippen molar-refractivity contribution in [2.75, 3.05) is 26.3 Å². The lowest BCUT2D eigenvalue weighted by atomic mass is 9.67. The van der Waals surface area contributed by atoms with E-state index in [0.29, 0.717) is 5.41 Å². The molecule has 3 heteroatoms. The molecule has 3 nitrogen and oxygen atoms in total. The number of aromatic amines is 1. The lowest BCUT2D eigenvalue weighted by Crippen LogP contribution is -2.62. The van der Waals surface area contributed by atoms with E-state index in [2.05, 4.69) is 22.6 Å². The van der Waals surface area contributed by atoms with Crippen molar-refractivity contribution < 1.29 is 4.74 Å². The second-order valence-electron chi connectivity index (χ2n) is 4.10. The van der Waals surface area contributed by atoms with E-state index in [1.165, 1.54) is 5.56 Å². The normalized spacial score (nSPS) is 26.5. The third-order valence-electron chi connectivity index (χ3n) is 3.46. The Hall–Kier alpha value is -0.800. The highest BCUT2D eigenvalue weighted by Gasteiger charge is 2.49. The molecule has 0 aromatic carbocycles. The number of hydrogen-bond acceptors (Lipinski definition) is 2. The van der Waals surface area contributed by atoms with Crippen LogP contribution in [0.1, 0.15) is 5.56 Å². The topological polar surface area (TPSA) is 37.0 Å². The molecule has 3 heterocycles. The van der Waals surface area contributed by atoms with Crippen molar-refractivity contribution in [3.63, 3.8) is 0 Å². The maximum Gasteiger partial charge on any atom is 0.0589 e. The molecule has 2 aliphatic heterocycles. The molecule has 0 saturated carbocycles. The summed E-state index contributed by atoms with van der Waals surface area (Å²) in [6, 6.07) is 2.18. The van der Waals surface area contributed by atoms with E-state index in [9.17, 15) is 0 Å². The van der Waals surface area contributed by atoms with Crippen molar-refractivity contribution in [3.05, 3.63) is 24.0 Å². The van der Waals surface area contributed by atoms with Crippen molar-refractivity contribution in [1.82, 2.24) is 10.3 Å². The predicted molar refractivity (Wildman–Crippen MR) is 49.6 cm³/mol. The fraction of sp³-hybridized carbons (Fsp3) is 0.600. The van der Waals surface area contributed by atoms with Crippen LogP contribution >= 0.6 is 0 Å². The summed E-state index contributed by atoms with van der Waals surface area (Å²) in [7, 11) is 0. The Bertz CT molecular complexity index is 286. The van der Waals surface area contributed by atoms with Gasteiger partial charge in [-0.05, 0) is 17.5 Å². The second-order valence-corrected chi connectivity index (χ2v) is 4.10. The van der Waals surface area contributed by atoms with Crippen molar-refractivity contribution in [3.8, 4) is 0 Å². The fourth-order valence-electron chi connectivity index (χ4n) is 2.27. The molecular weight excluding hydrogens is 164 g/mol. The molecule has 2 saturated heterocycles. The lowest BCUT2D eigenvalue weighted by molar-refractivity contribution is -0.101. The molecule has 0 unspecified atom stereocenters. The molecule has 13 heavy (non-hydrogen) atoms. The van der Waals surface area contributed by atoms with Crippen LogP contribution in [0.5, 0.6) is 0 Å². The van der Waals surface area contributed by atoms with Crippen LogP contribution in [-0.4, -0.2) is 31.3 Å². The van der Waals surface area contributed by atoms with Crippen molar-refractivity contribution in [2.45, 2.75) is 5.41 Å². The monoisotopic (exact) mass is 178 g/mol. The van der Waals surface area contributed by atoms with Gasteiger partial charge in [-0.3, -0.25) is 0 Å². The van der Waals surface area contributed by atoms with Gasteiger partial charge in [0.1, 0.15) is 0 Å². The minimum absolute atomic E-state index is 0.325. The van der Waals surface area contributed by atoms with E-state index >= 15 is 0 Å². The maximum atomic E-state index is 5.38. The van der Waals surface area contributed by atoms with Crippen LogP contribution in [-0.2, 0) is 10.2 Å². The first-order valence-corrected chi connectivity index (χ1v) is 4.83. The Morgan fingerprint density at radius 1 is 1.38 bits per heavy atom. The zero-order chi connectivity index (χ0) is 8.73. The Morgan fingerprint density at radius 3 is 2.62 bits per heavy atom. The number of H-pyrrole nitrogens is 1. The van der Waals surface area contributed by atoms with Crippen LogP contribution in [0.3, 0.4) is 0 Å². The number of ether oxygens (including phenoxy) is 1. The number of hydrogen-bond donors (Lipinski definition) is 2. The Morgan fingerprint density at radius 2 is 2.23 bits per heavy atom. The summed E-state index contributed by atoms with van der Waals surface area (Å²) in [6.07, 6.45) is 4.11. The van der Waals surface area contributed by atoms with Gasteiger partial charge in [0.15, 0.2) is 0 Å². The SMILES string of the molecule is c1cc(C2(C3CNC3)COC2)c[nH]1. The first-order valence-electron chi connectivity index (χ1n) is 4.83. The van der Waals surface area contributed by atoms with Gasteiger partial charge in [-0.15, -0.1) is 0 Å².